The van der Waals surface area contributed by atoms with Gasteiger partial charge in [-0.05, 0) is 42.8 Å². The maximum atomic E-state index is 12.9. The molecule has 1 aliphatic heterocycles. The van der Waals surface area contributed by atoms with Crippen LogP contribution >= 0.6 is 34.8 Å². The van der Waals surface area contributed by atoms with Crippen LogP contribution < -0.4 is 15.0 Å². The van der Waals surface area contributed by atoms with Crippen LogP contribution in [0.5, 0.6) is 5.75 Å². The molecule has 134 valence electrons. The summed E-state index contributed by atoms with van der Waals surface area (Å²) in [6.07, 6.45) is 0. The van der Waals surface area contributed by atoms with Crippen LogP contribution in [0.15, 0.2) is 47.1 Å². The zero-order valence-electron chi connectivity index (χ0n) is 13.8. The molecular weight excluding hydrogens is 399 g/mol. The first-order valence-corrected chi connectivity index (χ1v) is 8.62. The number of methoxy groups -OCH3 is 1. The lowest BCUT2D eigenvalue weighted by molar-refractivity contribution is -0.120. The van der Waals surface area contributed by atoms with Gasteiger partial charge in [0.25, 0.3) is 11.8 Å². The predicted molar refractivity (Wildman–Crippen MR) is 103 cm³/mol. The smallest absolute Gasteiger partial charge is 0.283 e. The predicted octanol–water partition coefficient (Wildman–Crippen LogP) is 4.75. The number of carbonyl (C=O) groups is 2. The molecule has 1 heterocycles. The van der Waals surface area contributed by atoms with Crippen LogP contribution in [0.4, 0.5) is 11.4 Å². The molecule has 0 bridgehead atoms. The van der Waals surface area contributed by atoms with Gasteiger partial charge in [-0.25, -0.2) is 4.90 Å². The van der Waals surface area contributed by atoms with Crippen molar-refractivity contribution in [1.29, 1.82) is 0 Å². The molecule has 8 heteroatoms. The number of rotatable bonds is 4. The number of imide groups is 1. The van der Waals surface area contributed by atoms with Gasteiger partial charge in [-0.15, -0.1) is 0 Å². The number of aryl methyl sites for hydroxylation is 1. The fourth-order valence-electron chi connectivity index (χ4n) is 2.53. The normalized spacial score (nSPS) is 14.3. The maximum Gasteiger partial charge on any atom is 0.283 e. The van der Waals surface area contributed by atoms with E-state index in [0.717, 1.165) is 10.5 Å². The summed E-state index contributed by atoms with van der Waals surface area (Å²) < 4.78 is 5.23. The summed E-state index contributed by atoms with van der Waals surface area (Å²) in [4.78, 5) is 26.4. The fraction of sp³-hybridized carbons (Fsp3) is 0.111. The van der Waals surface area contributed by atoms with E-state index in [0.29, 0.717) is 21.5 Å². The molecule has 1 aliphatic rings. The van der Waals surface area contributed by atoms with Gasteiger partial charge in [0.05, 0.1) is 12.8 Å². The summed E-state index contributed by atoms with van der Waals surface area (Å²) in [5.41, 5.74) is 1.59. The van der Waals surface area contributed by atoms with Crippen molar-refractivity contribution in [2.24, 2.45) is 0 Å². The SMILES string of the molecule is COc1ccc(Cl)cc1N1C(=O)C(Cl)=C(Nc2cc(Cl)ccc2C)C1=O. The highest BCUT2D eigenvalue weighted by atomic mass is 35.5. The quantitative estimate of drug-likeness (QED) is 0.738. The molecule has 5 nitrogen and oxygen atoms in total. The van der Waals surface area contributed by atoms with Crippen LogP contribution in [0.2, 0.25) is 10.0 Å². The highest BCUT2D eigenvalue weighted by Crippen LogP contribution is 2.37. The van der Waals surface area contributed by atoms with E-state index >= 15 is 0 Å². The Labute approximate surface area is 165 Å². The second-order valence-electron chi connectivity index (χ2n) is 5.54. The van der Waals surface area contributed by atoms with Crippen molar-refractivity contribution < 1.29 is 14.3 Å². The van der Waals surface area contributed by atoms with Crippen LogP contribution in [0.25, 0.3) is 0 Å². The summed E-state index contributed by atoms with van der Waals surface area (Å²) in [5, 5.41) is 3.52. The first kappa shape index (κ1) is 18.6. The molecule has 0 saturated heterocycles. The molecule has 0 fully saturated rings. The summed E-state index contributed by atoms with van der Waals surface area (Å²) >= 11 is 18.2. The zero-order valence-corrected chi connectivity index (χ0v) is 16.0. The fourth-order valence-corrected chi connectivity index (χ4v) is 3.08. The standard InChI is InChI=1S/C18H13Cl3N2O3/c1-9-3-4-10(19)7-12(9)22-16-15(21)17(24)23(18(16)25)13-8-11(20)5-6-14(13)26-2/h3-8,22H,1-2H3. The van der Waals surface area contributed by atoms with E-state index in [1.165, 1.54) is 13.2 Å². The highest BCUT2D eigenvalue weighted by Gasteiger charge is 2.40. The van der Waals surface area contributed by atoms with Gasteiger partial charge in [-0.3, -0.25) is 9.59 Å². The van der Waals surface area contributed by atoms with E-state index in [1.807, 2.05) is 6.92 Å². The molecule has 0 unspecified atom stereocenters. The minimum Gasteiger partial charge on any atom is -0.495 e. The first-order valence-electron chi connectivity index (χ1n) is 7.48. The number of ether oxygens (including phenoxy) is 1. The van der Waals surface area contributed by atoms with Gasteiger partial charge in [-0.2, -0.15) is 0 Å². The number of benzene rings is 2. The average molecular weight is 412 g/mol. The molecule has 0 radical (unpaired) electrons. The topological polar surface area (TPSA) is 58.6 Å². The summed E-state index contributed by atoms with van der Waals surface area (Å²) in [6, 6.07) is 9.79. The van der Waals surface area contributed by atoms with Crippen molar-refractivity contribution in [3.63, 3.8) is 0 Å². The number of halogens is 3. The third kappa shape index (κ3) is 3.26. The number of amides is 2. The van der Waals surface area contributed by atoms with Crippen LogP contribution in [-0.2, 0) is 9.59 Å². The van der Waals surface area contributed by atoms with Crippen molar-refractivity contribution in [3.05, 3.63) is 62.7 Å². The minimum absolute atomic E-state index is 0.0379. The Morgan fingerprint density at radius 1 is 0.962 bits per heavy atom. The van der Waals surface area contributed by atoms with Crippen LogP contribution in [0, 0.1) is 6.92 Å². The molecule has 0 aromatic heterocycles. The van der Waals surface area contributed by atoms with Crippen molar-refractivity contribution in [2.75, 3.05) is 17.3 Å². The van der Waals surface area contributed by atoms with Gasteiger partial charge in [0.2, 0.25) is 0 Å². The van der Waals surface area contributed by atoms with Crippen molar-refractivity contribution >= 4 is 58.0 Å². The van der Waals surface area contributed by atoms with Gasteiger partial charge < -0.3 is 10.1 Å². The molecule has 0 aliphatic carbocycles. The van der Waals surface area contributed by atoms with E-state index in [-0.39, 0.29) is 16.4 Å². The van der Waals surface area contributed by atoms with Crippen molar-refractivity contribution in [2.45, 2.75) is 6.92 Å². The highest BCUT2D eigenvalue weighted by molar-refractivity contribution is 6.53. The van der Waals surface area contributed by atoms with Gasteiger partial charge in [0.15, 0.2) is 0 Å². The summed E-state index contributed by atoms with van der Waals surface area (Å²) in [5.74, 6) is -0.958. The lowest BCUT2D eigenvalue weighted by Gasteiger charge is -2.18. The lowest BCUT2D eigenvalue weighted by atomic mass is 10.2. The molecule has 0 atom stereocenters. The van der Waals surface area contributed by atoms with Gasteiger partial charge in [0.1, 0.15) is 16.5 Å². The van der Waals surface area contributed by atoms with Crippen molar-refractivity contribution in [3.8, 4) is 5.75 Å². The molecule has 0 spiro atoms. The Bertz CT molecular complexity index is 957. The molecule has 26 heavy (non-hydrogen) atoms. The van der Waals surface area contributed by atoms with Crippen LogP contribution in [0.3, 0.4) is 0 Å². The zero-order chi connectivity index (χ0) is 19.0. The van der Waals surface area contributed by atoms with E-state index in [2.05, 4.69) is 5.32 Å². The van der Waals surface area contributed by atoms with Crippen LogP contribution in [0.1, 0.15) is 5.56 Å². The Hall–Kier alpha value is -2.21. The number of nitrogens with one attached hydrogen (secondary N) is 1. The van der Waals surface area contributed by atoms with Gasteiger partial charge in [0, 0.05) is 15.7 Å². The maximum absolute atomic E-state index is 12.9. The third-order valence-electron chi connectivity index (χ3n) is 3.87. The van der Waals surface area contributed by atoms with Crippen molar-refractivity contribution in [1.82, 2.24) is 0 Å². The Morgan fingerprint density at radius 3 is 2.31 bits per heavy atom. The average Bonchev–Trinajstić information content (AvgIpc) is 2.81. The van der Waals surface area contributed by atoms with Gasteiger partial charge >= 0.3 is 0 Å². The lowest BCUT2D eigenvalue weighted by Crippen LogP contribution is -2.32. The first-order chi connectivity index (χ1) is 12.3. The summed E-state index contributed by atoms with van der Waals surface area (Å²) in [6.45, 7) is 1.84. The molecule has 2 aromatic carbocycles. The van der Waals surface area contributed by atoms with Crippen LogP contribution in [-0.4, -0.2) is 18.9 Å². The second kappa shape index (κ2) is 7.19. The van der Waals surface area contributed by atoms with E-state index in [1.54, 1.807) is 30.3 Å². The number of nitrogens with zero attached hydrogens (tertiary/aromatic N) is 1. The molecule has 0 saturated carbocycles. The Morgan fingerprint density at radius 2 is 1.62 bits per heavy atom. The number of hydrogen-bond donors (Lipinski definition) is 1. The monoisotopic (exact) mass is 410 g/mol. The number of anilines is 2. The van der Waals surface area contributed by atoms with E-state index in [9.17, 15) is 9.59 Å². The molecule has 2 aromatic rings. The van der Waals surface area contributed by atoms with E-state index in [4.69, 9.17) is 39.5 Å². The molecule has 1 N–H and O–H groups in total. The number of carbonyl (C=O) groups excluding carboxylic acids is 2. The Kier molecular flexibility index (Phi) is 5.14. The molecular formula is C18H13Cl3N2O3. The largest absolute Gasteiger partial charge is 0.495 e. The molecule has 2 amide bonds. The van der Waals surface area contributed by atoms with Gasteiger partial charge in [-0.1, -0.05) is 40.9 Å². The second-order valence-corrected chi connectivity index (χ2v) is 6.79. The minimum atomic E-state index is -0.667. The summed E-state index contributed by atoms with van der Waals surface area (Å²) in [7, 11) is 1.43. The molecule has 3 rings (SSSR count). The van der Waals surface area contributed by atoms with E-state index < -0.39 is 11.8 Å². The Balaban J connectivity index is 2.01. The number of hydrogen-bond acceptors (Lipinski definition) is 4. The third-order valence-corrected chi connectivity index (χ3v) is 4.69.